The molecule has 0 bridgehead atoms. The van der Waals surface area contributed by atoms with Crippen molar-refractivity contribution >= 4 is 0 Å². The van der Waals surface area contributed by atoms with Crippen LogP contribution in [0.3, 0.4) is 0 Å². The molecule has 5 heteroatoms. The highest BCUT2D eigenvalue weighted by Gasteiger charge is 2.34. The summed E-state index contributed by atoms with van der Waals surface area (Å²) in [5, 5.41) is 3.98. The Labute approximate surface area is 117 Å². The molecule has 0 spiro atoms. The average molecular weight is 275 g/mol. The average Bonchev–Trinajstić information content (AvgIpc) is 2.93. The molecule has 0 radical (unpaired) electrons. The normalized spacial score (nSPS) is 18.1. The molecule has 1 fully saturated rings. The highest BCUT2D eigenvalue weighted by molar-refractivity contribution is 5.55. The summed E-state index contributed by atoms with van der Waals surface area (Å²) in [6.07, 6.45) is 5.03. The molecule has 3 rings (SSSR count). The van der Waals surface area contributed by atoms with Gasteiger partial charge in [0.2, 0.25) is 0 Å². The predicted octanol–water partition coefficient (Wildman–Crippen LogP) is 3.30. The Bertz CT molecular complexity index is 617. The highest BCUT2D eigenvalue weighted by Crippen LogP contribution is 2.34. The van der Waals surface area contributed by atoms with Crippen molar-refractivity contribution in [3.63, 3.8) is 0 Å². The zero-order valence-electron chi connectivity index (χ0n) is 11.5. The SMILES string of the molecule is Cc1cccc(-c2nc(C3(N)CCCCC3)no2)c1F. The lowest BCUT2D eigenvalue weighted by Crippen LogP contribution is -2.39. The van der Waals surface area contributed by atoms with Gasteiger partial charge in [0, 0.05) is 0 Å². The predicted molar refractivity (Wildman–Crippen MR) is 73.4 cm³/mol. The van der Waals surface area contributed by atoms with Gasteiger partial charge in [0.1, 0.15) is 5.82 Å². The zero-order chi connectivity index (χ0) is 14.2. The van der Waals surface area contributed by atoms with Crippen molar-refractivity contribution in [2.45, 2.75) is 44.6 Å². The fourth-order valence-electron chi connectivity index (χ4n) is 2.75. The minimum Gasteiger partial charge on any atom is -0.334 e. The molecule has 0 aliphatic heterocycles. The van der Waals surface area contributed by atoms with E-state index in [9.17, 15) is 4.39 Å². The molecule has 20 heavy (non-hydrogen) atoms. The molecule has 0 unspecified atom stereocenters. The second kappa shape index (κ2) is 4.98. The molecule has 0 amide bonds. The Kier molecular flexibility index (Phi) is 3.30. The number of benzene rings is 1. The molecule has 1 aromatic carbocycles. The molecule has 0 saturated heterocycles. The molecule has 1 heterocycles. The smallest absolute Gasteiger partial charge is 0.260 e. The molecule has 1 aromatic heterocycles. The number of hydrogen-bond donors (Lipinski definition) is 1. The first kappa shape index (κ1) is 13.2. The van der Waals surface area contributed by atoms with Crippen molar-refractivity contribution in [3.8, 4) is 11.5 Å². The topological polar surface area (TPSA) is 64.9 Å². The first-order valence-electron chi connectivity index (χ1n) is 6.99. The van der Waals surface area contributed by atoms with Crippen LogP contribution in [0.15, 0.2) is 22.7 Å². The van der Waals surface area contributed by atoms with E-state index in [2.05, 4.69) is 10.1 Å². The summed E-state index contributed by atoms with van der Waals surface area (Å²) >= 11 is 0. The second-order valence-corrected chi connectivity index (χ2v) is 5.58. The van der Waals surface area contributed by atoms with Crippen molar-refractivity contribution in [2.75, 3.05) is 0 Å². The van der Waals surface area contributed by atoms with Crippen molar-refractivity contribution in [1.82, 2.24) is 10.1 Å². The minimum atomic E-state index is -0.527. The van der Waals surface area contributed by atoms with Gasteiger partial charge in [-0.3, -0.25) is 0 Å². The summed E-state index contributed by atoms with van der Waals surface area (Å²) in [4.78, 5) is 4.34. The van der Waals surface area contributed by atoms with E-state index in [4.69, 9.17) is 10.3 Å². The molecule has 2 N–H and O–H groups in total. The van der Waals surface area contributed by atoms with Crippen LogP contribution in [-0.4, -0.2) is 10.1 Å². The number of halogens is 1. The van der Waals surface area contributed by atoms with Gasteiger partial charge in [-0.1, -0.05) is 36.6 Å². The van der Waals surface area contributed by atoms with Crippen LogP contribution >= 0.6 is 0 Å². The number of aromatic nitrogens is 2. The first-order valence-corrected chi connectivity index (χ1v) is 6.99. The van der Waals surface area contributed by atoms with Crippen LogP contribution < -0.4 is 5.73 Å². The van der Waals surface area contributed by atoms with Crippen LogP contribution in [0.4, 0.5) is 4.39 Å². The molecule has 0 atom stereocenters. The number of rotatable bonds is 2. The Balaban J connectivity index is 1.96. The Hall–Kier alpha value is -1.75. The maximum atomic E-state index is 14.1. The fourth-order valence-corrected chi connectivity index (χ4v) is 2.75. The number of nitrogens with two attached hydrogens (primary N) is 1. The van der Waals surface area contributed by atoms with Gasteiger partial charge >= 0.3 is 0 Å². The van der Waals surface area contributed by atoms with Crippen molar-refractivity contribution in [3.05, 3.63) is 35.4 Å². The van der Waals surface area contributed by atoms with E-state index in [1.165, 1.54) is 6.42 Å². The molecule has 4 nitrogen and oxygen atoms in total. The first-order chi connectivity index (χ1) is 9.60. The van der Waals surface area contributed by atoms with E-state index in [1.807, 2.05) is 0 Å². The van der Waals surface area contributed by atoms with Gasteiger partial charge in [-0.25, -0.2) is 4.39 Å². The van der Waals surface area contributed by atoms with E-state index in [0.29, 0.717) is 17.0 Å². The van der Waals surface area contributed by atoms with E-state index in [-0.39, 0.29) is 11.7 Å². The number of nitrogens with zero attached hydrogens (tertiary/aromatic N) is 2. The fraction of sp³-hybridized carbons (Fsp3) is 0.467. The van der Waals surface area contributed by atoms with Gasteiger partial charge in [0.05, 0.1) is 11.1 Å². The van der Waals surface area contributed by atoms with Gasteiger partial charge in [-0.2, -0.15) is 4.98 Å². The molecule has 2 aromatic rings. The maximum Gasteiger partial charge on any atom is 0.260 e. The third kappa shape index (κ3) is 2.22. The summed E-state index contributed by atoms with van der Waals surface area (Å²) < 4.78 is 19.3. The van der Waals surface area contributed by atoms with Crippen molar-refractivity contribution < 1.29 is 8.91 Å². The third-order valence-electron chi connectivity index (χ3n) is 4.04. The molecule has 1 aliphatic rings. The van der Waals surface area contributed by atoms with Crippen molar-refractivity contribution in [1.29, 1.82) is 0 Å². The summed E-state index contributed by atoms with van der Waals surface area (Å²) in [6.45, 7) is 1.71. The molecule has 106 valence electrons. The van der Waals surface area contributed by atoms with Crippen LogP contribution in [0.2, 0.25) is 0 Å². The molecular formula is C15H18FN3O. The standard InChI is InChI=1S/C15H18FN3O/c1-10-6-5-7-11(12(10)16)13-18-14(19-20-13)15(17)8-3-2-4-9-15/h5-7H,2-4,8-9,17H2,1H3. The van der Waals surface area contributed by atoms with Gasteiger partial charge < -0.3 is 10.3 Å². The van der Waals surface area contributed by atoms with Gasteiger partial charge in [-0.15, -0.1) is 0 Å². The third-order valence-corrected chi connectivity index (χ3v) is 4.04. The van der Waals surface area contributed by atoms with Crippen LogP contribution in [0.5, 0.6) is 0 Å². The van der Waals surface area contributed by atoms with E-state index in [1.54, 1.807) is 25.1 Å². The Morgan fingerprint density at radius 1 is 1.25 bits per heavy atom. The summed E-state index contributed by atoms with van der Waals surface area (Å²) in [7, 11) is 0. The van der Waals surface area contributed by atoms with E-state index in [0.717, 1.165) is 25.7 Å². The lowest BCUT2D eigenvalue weighted by molar-refractivity contribution is 0.275. The number of hydrogen-bond acceptors (Lipinski definition) is 4. The van der Waals surface area contributed by atoms with Crippen molar-refractivity contribution in [2.24, 2.45) is 5.73 Å². The van der Waals surface area contributed by atoms with Crippen LogP contribution in [0.1, 0.15) is 43.5 Å². The summed E-state index contributed by atoms with van der Waals surface area (Å²) in [6, 6.07) is 5.13. The quantitative estimate of drug-likeness (QED) is 0.913. The van der Waals surface area contributed by atoms with Gasteiger partial charge in [-0.05, 0) is 31.4 Å². The van der Waals surface area contributed by atoms with E-state index < -0.39 is 5.54 Å². The maximum absolute atomic E-state index is 14.1. The Morgan fingerprint density at radius 3 is 2.75 bits per heavy atom. The monoisotopic (exact) mass is 275 g/mol. The van der Waals surface area contributed by atoms with Crippen LogP contribution in [0, 0.1) is 12.7 Å². The largest absolute Gasteiger partial charge is 0.334 e. The Morgan fingerprint density at radius 2 is 2.00 bits per heavy atom. The lowest BCUT2D eigenvalue weighted by Gasteiger charge is -2.29. The molecule has 1 saturated carbocycles. The minimum absolute atomic E-state index is 0.205. The van der Waals surface area contributed by atoms with Gasteiger partial charge in [0.25, 0.3) is 5.89 Å². The van der Waals surface area contributed by atoms with E-state index >= 15 is 0 Å². The summed E-state index contributed by atoms with van der Waals surface area (Å²) in [5.74, 6) is 0.377. The van der Waals surface area contributed by atoms with Gasteiger partial charge in [0.15, 0.2) is 5.82 Å². The highest BCUT2D eigenvalue weighted by atomic mass is 19.1. The zero-order valence-corrected chi connectivity index (χ0v) is 11.5. The molecular weight excluding hydrogens is 257 g/mol. The summed E-state index contributed by atoms with van der Waals surface area (Å²) in [5.41, 5.74) is 6.73. The van der Waals surface area contributed by atoms with Crippen LogP contribution in [0.25, 0.3) is 11.5 Å². The van der Waals surface area contributed by atoms with Crippen LogP contribution in [-0.2, 0) is 5.54 Å². The lowest BCUT2D eigenvalue weighted by atomic mass is 9.82. The molecule has 1 aliphatic carbocycles. The second-order valence-electron chi connectivity index (χ2n) is 5.58. The number of aryl methyl sites for hydroxylation is 1.